The lowest BCUT2D eigenvalue weighted by Crippen LogP contribution is -2.31. The Labute approximate surface area is 99.5 Å². The minimum Gasteiger partial charge on any atom is -0.394 e. The second kappa shape index (κ2) is 10.1. The van der Waals surface area contributed by atoms with Crippen LogP contribution in [0.5, 0.6) is 0 Å². The quantitative estimate of drug-likeness (QED) is 0.505. The first-order valence-electron chi connectivity index (χ1n) is 6.62. The van der Waals surface area contributed by atoms with Crippen LogP contribution in [0.2, 0.25) is 0 Å². The van der Waals surface area contributed by atoms with Crippen molar-refractivity contribution in [2.75, 3.05) is 6.61 Å². The van der Waals surface area contributed by atoms with E-state index in [4.69, 9.17) is 5.11 Å². The molecule has 3 N–H and O–H groups in total. The van der Waals surface area contributed by atoms with Crippen molar-refractivity contribution in [3.05, 3.63) is 0 Å². The highest BCUT2D eigenvalue weighted by Gasteiger charge is 2.19. The molecule has 0 fully saturated rings. The summed E-state index contributed by atoms with van der Waals surface area (Å²) in [4.78, 5) is 0. The molecule has 0 heterocycles. The van der Waals surface area contributed by atoms with Gasteiger partial charge in [-0.15, -0.1) is 0 Å². The van der Waals surface area contributed by atoms with Gasteiger partial charge in [0.05, 0.1) is 12.7 Å². The monoisotopic (exact) mass is 232 g/mol. The molecule has 3 atom stereocenters. The molecule has 0 aromatic rings. The van der Waals surface area contributed by atoms with Gasteiger partial charge in [0.15, 0.2) is 0 Å². The average Bonchev–Trinajstić information content (AvgIpc) is 2.28. The third-order valence-electron chi connectivity index (χ3n) is 3.12. The van der Waals surface area contributed by atoms with E-state index in [0.29, 0.717) is 12.3 Å². The number of hydrogen-bond acceptors (Lipinski definition) is 3. The van der Waals surface area contributed by atoms with Gasteiger partial charge < -0.3 is 15.3 Å². The van der Waals surface area contributed by atoms with Crippen LogP contribution in [0.1, 0.15) is 58.8 Å². The summed E-state index contributed by atoms with van der Waals surface area (Å²) < 4.78 is 0. The molecule has 0 amide bonds. The van der Waals surface area contributed by atoms with E-state index >= 15 is 0 Å². The zero-order valence-electron chi connectivity index (χ0n) is 10.7. The zero-order chi connectivity index (χ0) is 12.4. The van der Waals surface area contributed by atoms with Gasteiger partial charge in [-0.3, -0.25) is 0 Å². The van der Waals surface area contributed by atoms with Crippen molar-refractivity contribution in [2.24, 2.45) is 5.92 Å². The van der Waals surface area contributed by atoms with Crippen molar-refractivity contribution < 1.29 is 15.3 Å². The van der Waals surface area contributed by atoms with E-state index in [2.05, 4.69) is 13.8 Å². The van der Waals surface area contributed by atoms with Crippen LogP contribution in [0.25, 0.3) is 0 Å². The van der Waals surface area contributed by atoms with Gasteiger partial charge in [0.1, 0.15) is 6.10 Å². The van der Waals surface area contributed by atoms with E-state index in [1.165, 1.54) is 19.3 Å². The first-order chi connectivity index (χ1) is 7.65. The van der Waals surface area contributed by atoms with Crippen molar-refractivity contribution >= 4 is 0 Å². The predicted molar refractivity (Wildman–Crippen MR) is 66.3 cm³/mol. The summed E-state index contributed by atoms with van der Waals surface area (Å²) in [6, 6.07) is 0. The van der Waals surface area contributed by atoms with Crippen molar-refractivity contribution in [2.45, 2.75) is 71.0 Å². The van der Waals surface area contributed by atoms with E-state index in [9.17, 15) is 10.2 Å². The van der Waals surface area contributed by atoms with Crippen LogP contribution in [0, 0.1) is 5.92 Å². The van der Waals surface area contributed by atoms with Crippen LogP contribution in [-0.2, 0) is 0 Å². The summed E-state index contributed by atoms with van der Waals surface area (Å²) in [6.45, 7) is 3.97. The fourth-order valence-electron chi connectivity index (χ4n) is 2.09. The molecule has 3 unspecified atom stereocenters. The second-order valence-corrected chi connectivity index (χ2v) is 4.70. The highest BCUT2D eigenvalue weighted by molar-refractivity contribution is 4.71. The van der Waals surface area contributed by atoms with Crippen LogP contribution >= 0.6 is 0 Å². The fourth-order valence-corrected chi connectivity index (χ4v) is 2.09. The molecule has 0 saturated heterocycles. The van der Waals surface area contributed by atoms with E-state index in [1.807, 2.05) is 0 Å². The second-order valence-electron chi connectivity index (χ2n) is 4.70. The fraction of sp³-hybridized carbons (Fsp3) is 1.00. The summed E-state index contributed by atoms with van der Waals surface area (Å²) in [5.41, 5.74) is 0. The third-order valence-corrected chi connectivity index (χ3v) is 3.12. The highest BCUT2D eigenvalue weighted by Crippen LogP contribution is 2.22. The number of aliphatic hydroxyl groups is 3. The molecule has 0 aliphatic carbocycles. The molecule has 0 bridgehead atoms. The topological polar surface area (TPSA) is 60.7 Å². The minimum atomic E-state index is -0.981. The van der Waals surface area contributed by atoms with Crippen molar-refractivity contribution in [3.8, 4) is 0 Å². The van der Waals surface area contributed by atoms with E-state index in [1.54, 1.807) is 0 Å². The van der Waals surface area contributed by atoms with Gasteiger partial charge in [-0.05, 0) is 12.3 Å². The maximum atomic E-state index is 9.66. The summed E-state index contributed by atoms with van der Waals surface area (Å²) >= 11 is 0. The van der Waals surface area contributed by atoms with Gasteiger partial charge in [-0.25, -0.2) is 0 Å². The lowest BCUT2D eigenvalue weighted by atomic mass is 9.89. The SMILES string of the molecule is CCCCCC(CCC)CC(O)C(O)CO. The molecule has 0 aromatic heterocycles. The Morgan fingerprint density at radius 1 is 0.875 bits per heavy atom. The molecule has 0 aromatic carbocycles. The molecule has 0 rings (SSSR count). The van der Waals surface area contributed by atoms with Crippen LogP contribution < -0.4 is 0 Å². The van der Waals surface area contributed by atoms with Crippen molar-refractivity contribution in [1.29, 1.82) is 0 Å². The molecule has 98 valence electrons. The Bertz CT molecular complexity index is 150. The molecular formula is C13H28O3. The van der Waals surface area contributed by atoms with E-state index in [0.717, 1.165) is 19.3 Å². The molecule has 16 heavy (non-hydrogen) atoms. The number of rotatable bonds is 10. The first-order valence-corrected chi connectivity index (χ1v) is 6.62. The van der Waals surface area contributed by atoms with Crippen LogP contribution in [0.3, 0.4) is 0 Å². The Morgan fingerprint density at radius 3 is 2.06 bits per heavy atom. The van der Waals surface area contributed by atoms with E-state index in [-0.39, 0.29) is 6.61 Å². The molecular weight excluding hydrogens is 204 g/mol. The lowest BCUT2D eigenvalue weighted by molar-refractivity contribution is -0.0260. The van der Waals surface area contributed by atoms with Crippen LogP contribution in [0.15, 0.2) is 0 Å². The van der Waals surface area contributed by atoms with Gasteiger partial charge in [-0.1, -0.05) is 52.4 Å². The normalized spacial score (nSPS) is 17.1. The maximum Gasteiger partial charge on any atom is 0.103 e. The minimum absolute atomic E-state index is 0.352. The summed E-state index contributed by atoms with van der Waals surface area (Å²) in [6.07, 6.45) is 5.82. The summed E-state index contributed by atoms with van der Waals surface area (Å²) in [7, 11) is 0. The average molecular weight is 232 g/mol. The van der Waals surface area contributed by atoms with Crippen molar-refractivity contribution in [3.63, 3.8) is 0 Å². The number of hydrogen-bond donors (Lipinski definition) is 3. The summed E-state index contributed by atoms with van der Waals surface area (Å²) in [5.74, 6) is 0.479. The van der Waals surface area contributed by atoms with Crippen LogP contribution in [0.4, 0.5) is 0 Å². The molecule has 0 radical (unpaired) electrons. The first kappa shape index (κ1) is 15.9. The molecule has 0 aliphatic rings. The largest absolute Gasteiger partial charge is 0.394 e. The van der Waals surface area contributed by atoms with Crippen LogP contribution in [-0.4, -0.2) is 34.1 Å². The smallest absolute Gasteiger partial charge is 0.103 e. The summed E-state index contributed by atoms with van der Waals surface area (Å²) in [5, 5.41) is 27.7. The Kier molecular flexibility index (Phi) is 9.99. The molecule has 0 aliphatic heterocycles. The molecule has 0 saturated carbocycles. The van der Waals surface area contributed by atoms with Gasteiger partial charge in [0, 0.05) is 0 Å². The van der Waals surface area contributed by atoms with Crippen molar-refractivity contribution in [1.82, 2.24) is 0 Å². The predicted octanol–water partition coefficient (Wildman–Crippen LogP) is 2.09. The van der Waals surface area contributed by atoms with Gasteiger partial charge in [0.2, 0.25) is 0 Å². The molecule has 3 nitrogen and oxygen atoms in total. The maximum absolute atomic E-state index is 9.66. The molecule has 3 heteroatoms. The number of unbranched alkanes of at least 4 members (excludes halogenated alkanes) is 2. The Balaban J connectivity index is 3.90. The van der Waals surface area contributed by atoms with Gasteiger partial charge in [-0.2, -0.15) is 0 Å². The Hall–Kier alpha value is -0.120. The Morgan fingerprint density at radius 2 is 1.56 bits per heavy atom. The number of aliphatic hydroxyl groups excluding tert-OH is 3. The lowest BCUT2D eigenvalue weighted by Gasteiger charge is -2.22. The van der Waals surface area contributed by atoms with Gasteiger partial charge >= 0.3 is 0 Å². The zero-order valence-corrected chi connectivity index (χ0v) is 10.7. The molecule has 0 spiro atoms. The van der Waals surface area contributed by atoms with Gasteiger partial charge in [0.25, 0.3) is 0 Å². The third kappa shape index (κ3) is 7.20. The standard InChI is InChI=1S/C13H28O3/c1-3-5-6-8-11(7-4-2)9-12(15)13(16)10-14/h11-16H,3-10H2,1-2H3. The van der Waals surface area contributed by atoms with E-state index < -0.39 is 12.2 Å². The highest BCUT2D eigenvalue weighted by atomic mass is 16.4.